The number of hydrogen-bond acceptors (Lipinski definition) is 4. The lowest BCUT2D eigenvalue weighted by molar-refractivity contribution is 1.18. The number of nitriles is 3. The molecule has 0 aliphatic carbocycles. The van der Waals surface area contributed by atoms with Crippen LogP contribution in [0.25, 0.3) is 81.0 Å². The summed E-state index contributed by atoms with van der Waals surface area (Å²) in [6.45, 7) is 0. The lowest BCUT2D eigenvalue weighted by Gasteiger charge is -2.16. The average molecular weight is 653 g/mol. The van der Waals surface area contributed by atoms with Gasteiger partial charge < -0.3 is 4.57 Å². The summed E-state index contributed by atoms with van der Waals surface area (Å²) in [5.74, 6) is 0. The highest BCUT2D eigenvalue weighted by Crippen LogP contribution is 2.41. The molecule has 0 fully saturated rings. The fraction of sp³-hybridized carbons (Fsp3) is 0. The fourth-order valence-corrected chi connectivity index (χ4v) is 8.24. The summed E-state index contributed by atoms with van der Waals surface area (Å²) >= 11 is 1.81. The zero-order chi connectivity index (χ0) is 33.8. The molecule has 4 nitrogen and oxygen atoms in total. The van der Waals surface area contributed by atoms with Crippen molar-refractivity contribution in [3.05, 3.63) is 162 Å². The van der Waals surface area contributed by atoms with Gasteiger partial charge in [0.15, 0.2) is 0 Å². The molecular formula is C45H24N4S. The van der Waals surface area contributed by atoms with Crippen LogP contribution in [0.3, 0.4) is 0 Å². The van der Waals surface area contributed by atoms with Crippen LogP contribution in [0, 0.1) is 34.0 Å². The summed E-state index contributed by atoms with van der Waals surface area (Å²) < 4.78 is 4.75. The monoisotopic (exact) mass is 652 g/mol. The van der Waals surface area contributed by atoms with E-state index in [1.165, 1.54) is 20.2 Å². The SMILES string of the molecule is N#Cc1cccc(-c2ccccc2-c2cc(-c3ccc4sc5ccccc5c4c3)cc(-n3c4ccc(C#N)cc4c4cc(C#N)ccc43)c2)c1. The first-order chi connectivity index (χ1) is 24.6. The van der Waals surface area contributed by atoms with Gasteiger partial charge in [-0.1, -0.05) is 60.7 Å². The number of hydrogen-bond donors (Lipinski definition) is 0. The molecule has 0 bridgehead atoms. The average Bonchev–Trinajstić information content (AvgIpc) is 3.72. The number of aromatic nitrogens is 1. The van der Waals surface area contributed by atoms with Gasteiger partial charge in [0.1, 0.15) is 0 Å². The van der Waals surface area contributed by atoms with Crippen molar-refractivity contribution in [3.63, 3.8) is 0 Å². The summed E-state index contributed by atoms with van der Waals surface area (Å²) in [5.41, 5.74) is 10.9. The van der Waals surface area contributed by atoms with E-state index >= 15 is 0 Å². The van der Waals surface area contributed by atoms with Crippen LogP contribution in [0.4, 0.5) is 0 Å². The van der Waals surface area contributed by atoms with E-state index in [2.05, 4.69) is 102 Å². The molecule has 0 saturated carbocycles. The Labute approximate surface area is 292 Å². The van der Waals surface area contributed by atoms with Crippen molar-refractivity contribution in [2.75, 3.05) is 0 Å². The quantitative estimate of drug-likeness (QED) is 0.190. The molecular weight excluding hydrogens is 629 g/mol. The first-order valence-electron chi connectivity index (χ1n) is 16.2. The molecule has 0 unspecified atom stereocenters. The number of fused-ring (bicyclic) bond motifs is 6. The Morgan fingerprint density at radius 1 is 0.400 bits per heavy atom. The van der Waals surface area contributed by atoms with Crippen molar-refractivity contribution < 1.29 is 0 Å². The van der Waals surface area contributed by atoms with Gasteiger partial charge in [-0.15, -0.1) is 11.3 Å². The highest BCUT2D eigenvalue weighted by atomic mass is 32.1. The molecule has 7 aromatic carbocycles. The maximum atomic E-state index is 9.77. The lowest BCUT2D eigenvalue weighted by atomic mass is 9.91. The summed E-state index contributed by atoms with van der Waals surface area (Å²) in [6, 6.07) is 56.4. The van der Waals surface area contributed by atoms with Gasteiger partial charge >= 0.3 is 0 Å². The molecule has 9 aromatic rings. The molecule has 0 aliphatic heterocycles. The van der Waals surface area contributed by atoms with Crippen molar-refractivity contribution >= 4 is 53.3 Å². The van der Waals surface area contributed by atoms with Gasteiger partial charge in [0, 0.05) is 36.6 Å². The Bertz CT molecular complexity index is 2910. The smallest absolute Gasteiger partial charge is 0.0991 e. The van der Waals surface area contributed by atoms with Crippen LogP contribution in [0.2, 0.25) is 0 Å². The third kappa shape index (κ3) is 4.72. The largest absolute Gasteiger partial charge is 0.309 e. The molecule has 9 rings (SSSR count). The van der Waals surface area contributed by atoms with E-state index in [1.54, 1.807) is 11.3 Å². The molecule has 0 saturated heterocycles. The van der Waals surface area contributed by atoms with E-state index in [9.17, 15) is 15.8 Å². The standard InChI is InChI=1S/C45H24N4S/c46-25-28-6-5-7-32(18-28)36-8-1-2-9-37(36)34-21-33(31-14-17-45-41(24-31)38-10-3-4-11-44(38)50-45)22-35(23-34)49-42-15-12-29(26-47)19-39(42)40-20-30(27-48)13-16-43(40)49/h1-24H. The fourth-order valence-electron chi connectivity index (χ4n) is 7.15. The minimum absolute atomic E-state index is 0.568. The number of rotatable bonds is 4. The van der Waals surface area contributed by atoms with E-state index < -0.39 is 0 Å². The van der Waals surface area contributed by atoms with E-state index in [0.29, 0.717) is 16.7 Å². The Balaban J connectivity index is 1.35. The second-order valence-electron chi connectivity index (χ2n) is 12.3. The van der Waals surface area contributed by atoms with Crippen LogP contribution < -0.4 is 0 Å². The van der Waals surface area contributed by atoms with Gasteiger partial charge in [-0.05, 0) is 118 Å². The van der Waals surface area contributed by atoms with Gasteiger partial charge in [-0.25, -0.2) is 0 Å². The molecule has 0 atom stereocenters. The van der Waals surface area contributed by atoms with Crippen LogP contribution in [0.1, 0.15) is 16.7 Å². The molecule has 2 heterocycles. The molecule has 0 N–H and O–H groups in total. The van der Waals surface area contributed by atoms with Crippen LogP contribution in [-0.2, 0) is 0 Å². The summed E-state index contributed by atoms with van der Waals surface area (Å²) in [6.07, 6.45) is 0. The molecule has 50 heavy (non-hydrogen) atoms. The normalized spacial score (nSPS) is 11.1. The molecule has 2 aromatic heterocycles. The highest BCUT2D eigenvalue weighted by Gasteiger charge is 2.18. The Kier molecular flexibility index (Phi) is 6.78. The second kappa shape index (κ2) is 11.6. The van der Waals surface area contributed by atoms with Gasteiger partial charge in [0.2, 0.25) is 0 Å². The van der Waals surface area contributed by atoms with Crippen LogP contribution in [0.15, 0.2) is 146 Å². The third-order valence-electron chi connectivity index (χ3n) is 9.45. The van der Waals surface area contributed by atoms with Gasteiger partial charge in [-0.2, -0.15) is 15.8 Å². The Morgan fingerprint density at radius 3 is 1.74 bits per heavy atom. The first kappa shape index (κ1) is 29.2. The minimum atomic E-state index is 0.568. The topological polar surface area (TPSA) is 76.3 Å². The zero-order valence-electron chi connectivity index (χ0n) is 26.6. The molecule has 230 valence electrons. The summed E-state index contributed by atoms with van der Waals surface area (Å²) in [5, 5.41) is 33.5. The van der Waals surface area contributed by atoms with Crippen molar-refractivity contribution in [1.29, 1.82) is 15.8 Å². The Morgan fingerprint density at radius 2 is 1.02 bits per heavy atom. The number of thiophene rings is 1. The predicted octanol–water partition coefficient (Wildman–Crippen LogP) is 11.8. The van der Waals surface area contributed by atoms with Gasteiger partial charge in [0.05, 0.1) is 45.9 Å². The molecule has 0 spiro atoms. The molecule has 0 aliphatic rings. The summed E-state index contributed by atoms with van der Waals surface area (Å²) in [7, 11) is 0. The van der Waals surface area contributed by atoms with E-state index in [4.69, 9.17) is 0 Å². The molecule has 5 heteroatoms. The zero-order valence-corrected chi connectivity index (χ0v) is 27.4. The predicted molar refractivity (Wildman–Crippen MR) is 204 cm³/mol. The van der Waals surface area contributed by atoms with Crippen molar-refractivity contribution in [2.24, 2.45) is 0 Å². The van der Waals surface area contributed by atoms with Crippen LogP contribution in [-0.4, -0.2) is 4.57 Å². The maximum Gasteiger partial charge on any atom is 0.0991 e. The number of nitrogens with zero attached hydrogens (tertiary/aromatic N) is 4. The van der Waals surface area contributed by atoms with Crippen LogP contribution in [0.5, 0.6) is 0 Å². The Hall–Kier alpha value is -6.97. The summed E-state index contributed by atoms with van der Waals surface area (Å²) in [4.78, 5) is 0. The van der Waals surface area contributed by atoms with Gasteiger partial charge in [0.25, 0.3) is 0 Å². The first-order valence-corrected chi connectivity index (χ1v) is 17.0. The number of benzene rings is 7. The molecule has 0 amide bonds. The lowest BCUT2D eigenvalue weighted by Crippen LogP contribution is -1.97. The van der Waals surface area contributed by atoms with E-state index in [-0.39, 0.29) is 0 Å². The third-order valence-corrected chi connectivity index (χ3v) is 10.6. The van der Waals surface area contributed by atoms with Crippen molar-refractivity contribution in [2.45, 2.75) is 0 Å². The highest BCUT2D eigenvalue weighted by molar-refractivity contribution is 7.25. The maximum absolute atomic E-state index is 9.77. The van der Waals surface area contributed by atoms with Crippen molar-refractivity contribution in [1.82, 2.24) is 4.57 Å². The second-order valence-corrected chi connectivity index (χ2v) is 13.4. The van der Waals surface area contributed by atoms with Gasteiger partial charge in [-0.3, -0.25) is 0 Å². The minimum Gasteiger partial charge on any atom is -0.309 e. The van der Waals surface area contributed by atoms with Crippen LogP contribution >= 0.6 is 11.3 Å². The van der Waals surface area contributed by atoms with E-state index in [0.717, 1.165) is 60.9 Å². The van der Waals surface area contributed by atoms with E-state index in [1.807, 2.05) is 66.7 Å². The molecule has 0 radical (unpaired) electrons. The van der Waals surface area contributed by atoms with Crippen molar-refractivity contribution in [3.8, 4) is 57.3 Å².